The van der Waals surface area contributed by atoms with E-state index in [0.29, 0.717) is 43.4 Å². The number of unbranched alkanes of at least 4 members (excludes halogenated alkanes) is 2. The number of nitrogens with zero attached hydrogens (tertiary/aromatic N) is 56. The van der Waals surface area contributed by atoms with Gasteiger partial charge in [-0.05, 0) is 160 Å². The average molecular weight is 1530 g/mol. The third kappa shape index (κ3) is 64.1. The summed E-state index contributed by atoms with van der Waals surface area (Å²) in [5, 5.41) is 171. The van der Waals surface area contributed by atoms with E-state index in [1.165, 1.54) is 31.6 Å². The van der Waals surface area contributed by atoms with Crippen LogP contribution in [0.4, 0.5) is 11.4 Å². The van der Waals surface area contributed by atoms with Gasteiger partial charge in [0.2, 0.25) is 11.8 Å². The summed E-state index contributed by atoms with van der Waals surface area (Å²) in [7, 11) is 1.65. The van der Waals surface area contributed by atoms with Crippen LogP contribution < -0.4 is 20.1 Å². The third-order valence-electron chi connectivity index (χ3n) is 8.71. The molecule has 0 aliphatic rings. The molecule has 0 aliphatic carbocycles. The summed E-state index contributed by atoms with van der Waals surface area (Å²) in [5.74, 6) is -0.672. The fraction of sp³-hybridized carbons (Fsp3) is 0.325. The minimum Gasteiger partial charge on any atom is -0.494 e. The maximum absolute atomic E-state index is 12.1. The maximum Gasteiger partial charge on any atom is 0.343 e. The molecule has 0 radical (unpaired) electrons. The molecule has 70 heteroatoms. The Balaban J connectivity index is 0.00000182. The number of nitrogens with one attached hydrogen (secondary N) is 4. The normalized spacial score (nSPS) is 12.6. The first-order chi connectivity index (χ1) is 53.8. The van der Waals surface area contributed by atoms with E-state index in [2.05, 4.69) is 316 Å². The molecule has 4 N–H and O–H groups in total. The highest BCUT2D eigenvalue weighted by molar-refractivity contribution is 5.99. The second-order valence-electron chi connectivity index (χ2n) is 16.2. The zero-order valence-electron chi connectivity index (χ0n) is 56.7. The number of esters is 3. The molecule has 70 nitrogen and oxygen atoms in total. The molecule has 3 rings (SSSR count). The van der Waals surface area contributed by atoms with Crippen LogP contribution in [0.3, 0.4) is 0 Å². The number of ether oxygens (including phenoxy) is 5. The van der Waals surface area contributed by atoms with Crippen molar-refractivity contribution in [3.05, 3.63) is 109 Å². The highest BCUT2D eigenvalue weighted by Crippen LogP contribution is 2.28. The van der Waals surface area contributed by atoms with Crippen molar-refractivity contribution in [3.8, 4) is 11.5 Å². The summed E-state index contributed by atoms with van der Waals surface area (Å²) in [6.45, 7) is 15.5. The Morgan fingerprint density at radius 2 is 0.582 bits per heavy atom. The number of hydrogen-bond acceptors (Lipinski definition) is 12. The summed E-state index contributed by atoms with van der Waals surface area (Å²) < 4.78 is 25.2. The van der Waals surface area contributed by atoms with E-state index in [0.717, 1.165) is 43.1 Å². The lowest BCUT2D eigenvalue weighted by Gasteiger charge is -2.12. The van der Waals surface area contributed by atoms with Crippen molar-refractivity contribution in [3.63, 3.8) is 0 Å². The van der Waals surface area contributed by atoms with Gasteiger partial charge in [0.1, 0.15) is 11.5 Å². The third-order valence-corrected chi connectivity index (χ3v) is 8.71. The summed E-state index contributed by atoms with van der Waals surface area (Å²) >= 11 is 0. The van der Waals surface area contributed by atoms with Crippen LogP contribution in [0, 0.1) is 24.9 Å². The van der Waals surface area contributed by atoms with Crippen molar-refractivity contribution in [1.82, 2.24) is 0 Å². The van der Waals surface area contributed by atoms with Gasteiger partial charge in [-0.25, -0.2) is 14.4 Å². The largest absolute Gasteiger partial charge is 0.494 e. The fourth-order valence-corrected chi connectivity index (χ4v) is 4.84. The van der Waals surface area contributed by atoms with Crippen molar-refractivity contribution >= 4 is 41.1 Å². The molecule has 0 atom stereocenters. The Labute approximate surface area is 608 Å². The van der Waals surface area contributed by atoms with E-state index >= 15 is 0 Å². The molecule has 2 amide bonds. The summed E-state index contributed by atoms with van der Waals surface area (Å²) in [5.41, 5.74) is 16.0. The number of carbonyl (C=O) groups excluding carboxylic acids is 5. The predicted octanol–water partition coefficient (Wildman–Crippen LogP) is 18.0. The van der Waals surface area contributed by atoms with Crippen molar-refractivity contribution < 1.29 is 47.7 Å². The summed E-state index contributed by atoms with van der Waals surface area (Å²) in [6.07, 6.45) is 5.75. The molecule has 0 unspecified atom stereocenters. The molecule has 0 bridgehead atoms. The smallest absolute Gasteiger partial charge is 0.343 e. The Bertz CT molecular complexity index is 3960. The summed E-state index contributed by atoms with van der Waals surface area (Å²) in [4.78, 5) is 55.9. The number of aryl methyl sites for hydroxylation is 2. The fourth-order valence-electron chi connectivity index (χ4n) is 4.84. The standard InChI is InChI=1S/C18H18N2O4.C14H18O3.C8H14O3.H2N58/c1-11-4-6-14(7-5-11)18(23)24-15-8-9-16(19-12(2)21)17(10-15)20-13(3)22;1-3-14(15)17-11-5-4-10-16-13-8-6-12(2)7-9-13;1-3-8(9)11-7-5-4-6-10-2;1-3-5-7-9-11-13-15-17-19-21-23-25-27-29-31-33-35-37-39-41-43-45-47-49-51-53-55-57-58-56-54-52-50-48-46-44-42-40-38-36-34-32-30-28-26-24-22-20-18-16-14-12-10-8-6-4-2/h4-10H,1-3H3,(H,19,21)(H,20,22);3,6-9H,1,4-5,10-11H2,2H3;3H,1,4-7H2,2H3;1-2H/b;;;3-1?,4-2?,7-5+,8-6+,11-9+,12-10+,15-13+,16-14+,19-17+,20-18+,23-21+,24-22+,27-25+,28-26+,31-29+,32-30+,35-33+,36-34+,39-37+,40-38+,43-41+,44-42+,47-45+,48-46+,51-49+,52-50+,55-53+,56-54+,58-57+. The Hall–Kier alpha value is -17.3. The molecule has 0 saturated heterocycles. The van der Waals surface area contributed by atoms with Crippen molar-refractivity contribution in [2.24, 2.45) is 293 Å². The van der Waals surface area contributed by atoms with Crippen LogP contribution in [0.15, 0.2) is 385 Å². The van der Waals surface area contributed by atoms with Gasteiger partial charge in [0.15, 0.2) is 0 Å². The lowest BCUT2D eigenvalue weighted by atomic mass is 10.1. The molecular formula is C40H52N60O10. The van der Waals surface area contributed by atoms with Crippen LogP contribution in [-0.4, -0.2) is 63.3 Å². The van der Waals surface area contributed by atoms with Gasteiger partial charge in [-0.2, -0.15) is 11.1 Å². The van der Waals surface area contributed by atoms with Crippen LogP contribution in [0.1, 0.15) is 61.0 Å². The van der Waals surface area contributed by atoms with Crippen LogP contribution in [0.5, 0.6) is 11.5 Å². The van der Waals surface area contributed by atoms with Gasteiger partial charge in [0.25, 0.3) is 0 Å². The summed E-state index contributed by atoms with van der Waals surface area (Å²) in [6, 6.07) is 19.5. The van der Waals surface area contributed by atoms with Gasteiger partial charge in [-0.15, -0.1) is 0 Å². The van der Waals surface area contributed by atoms with Gasteiger partial charge in [-0.1, -0.05) is 48.6 Å². The topological polar surface area (TPSA) is 895 Å². The zero-order chi connectivity index (χ0) is 80.3. The molecule has 0 aliphatic heterocycles. The maximum atomic E-state index is 12.1. The minimum atomic E-state index is -0.504. The molecule has 0 saturated carbocycles. The molecule has 0 fully saturated rings. The molecule has 572 valence electrons. The number of anilines is 2. The van der Waals surface area contributed by atoms with Gasteiger partial charge in [-0.3, -0.25) is 9.59 Å². The van der Waals surface area contributed by atoms with Crippen molar-refractivity contribution in [2.75, 3.05) is 44.2 Å². The Kier molecular flexibility index (Phi) is 60.2. The highest BCUT2D eigenvalue weighted by Gasteiger charge is 2.12. The molecular weight excluding hydrogens is 1480 g/mol. The number of amides is 2. The lowest BCUT2D eigenvalue weighted by Crippen LogP contribution is -2.13. The van der Waals surface area contributed by atoms with Crippen LogP contribution in [0.25, 0.3) is 0 Å². The molecule has 110 heavy (non-hydrogen) atoms. The average Bonchev–Trinajstić information content (AvgIpc) is 0.835. The number of benzene rings is 3. The van der Waals surface area contributed by atoms with E-state index < -0.39 is 5.97 Å². The van der Waals surface area contributed by atoms with Gasteiger partial charge >= 0.3 is 17.9 Å². The van der Waals surface area contributed by atoms with Crippen LogP contribution in [0.2, 0.25) is 0 Å². The quantitative estimate of drug-likeness (QED) is 0.0103. The van der Waals surface area contributed by atoms with E-state index in [9.17, 15) is 24.0 Å². The number of rotatable bonds is 45. The number of hydrogen-bond donors (Lipinski definition) is 4. The minimum absolute atomic E-state index is 0.262. The van der Waals surface area contributed by atoms with Gasteiger partial charge < -0.3 is 34.3 Å². The molecule has 0 heterocycles. The van der Waals surface area contributed by atoms with E-state index in [-0.39, 0.29) is 29.5 Å². The molecule has 3 aromatic rings. The first-order valence-electron chi connectivity index (χ1n) is 28.1. The van der Waals surface area contributed by atoms with Crippen molar-refractivity contribution in [2.45, 2.75) is 53.4 Å². The first kappa shape index (κ1) is 92.7. The van der Waals surface area contributed by atoms with Crippen LogP contribution in [-0.2, 0) is 33.4 Å². The Morgan fingerprint density at radius 3 is 0.845 bits per heavy atom. The SMILES string of the molecule is C=CC(=O)OCCCCOC.C=CC(=O)OCCCCOc1ccc(C)cc1.CC(=O)Nc1ccc(OC(=O)c2ccc(C)cc2)cc1NC(C)=O.N=N/N=N/N=N/N=N/N=N/N=N/N=N/N=N/N=N/N=N/N=N/N=N/N=N/N=N/N=N/N=N/N=N/N=N/N=N/N=N/N=N/N=N/N=N/N=N/N=N/N=N/N=N/N=N/N=N. The number of carbonyl (C=O) groups is 5. The lowest BCUT2D eigenvalue weighted by molar-refractivity contribution is -0.138. The van der Waals surface area contributed by atoms with E-state index in [1.54, 1.807) is 31.4 Å². The Morgan fingerprint density at radius 1 is 0.336 bits per heavy atom. The second kappa shape index (κ2) is 71.5. The molecule has 3 aromatic carbocycles. The molecule has 0 spiro atoms. The first-order valence-corrected chi connectivity index (χ1v) is 28.1. The van der Waals surface area contributed by atoms with E-state index in [4.69, 9.17) is 34.7 Å². The van der Waals surface area contributed by atoms with Gasteiger partial charge in [0, 0.05) is 255 Å². The van der Waals surface area contributed by atoms with E-state index in [1.807, 2.05) is 50.2 Å². The predicted molar refractivity (Wildman–Crippen MR) is 342 cm³/mol. The molecule has 0 aromatic heterocycles. The van der Waals surface area contributed by atoms with Gasteiger partial charge in [0.05, 0.1) is 36.8 Å². The van der Waals surface area contributed by atoms with Crippen LogP contribution >= 0.6 is 0 Å². The monoisotopic (exact) mass is 1530 g/mol. The highest BCUT2D eigenvalue weighted by atomic mass is 16.5. The number of methoxy groups -OCH3 is 1. The van der Waals surface area contributed by atoms with Crippen molar-refractivity contribution in [1.29, 1.82) is 11.1 Å². The zero-order valence-corrected chi connectivity index (χ0v) is 56.7. The second-order valence-corrected chi connectivity index (χ2v) is 16.2.